The summed E-state index contributed by atoms with van der Waals surface area (Å²) in [5.74, 6) is -1.91. The predicted octanol–water partition coefficient (Wildman–Crippen LogP) is 1.32. The lowest BCUT2D eigenvalue weighted by atomic mass is 10.1. The van der Waals surface area contributed by atoms with Crippen LogP contribution in [-0.4, -0.2) is 41.6 Å². The van der Waals surface area contributed by atoms with Crippen LogP contribution in [0.2, 0.25) is 0 Å². The molecule has 6 nitrogen and oxygen atoms in total. The molecule has 1 aromatic carbocycles. The molecule has 110 valence electrons. The number of carbonyl (C=O) groups is 4. The van der Waals surface area contributed by atoms with E-state index in [0.717, 1.165) is 9.37 Å². The van der Waals surface area contributed by atoms with E-state index < -0.39 is 30.9 Å². The number of hydrogen-bond donors (Lipinski definition) is 0. The fraction of sp³-hybridized carbons (Fsp3) is 0.286. The predicted molar refractivity (Wildman–Crippen MR) is 75.4 cm³/mol. The fourth-order valence-corrected chi connectivity index (χ4v) is 2.10. The number of ketones is 1. The number of esters is 1. The molecule has 0 radical (unpaired) electrons. The SMILES string of the molecule is O=C(CN1C(=O)CCC1=O)OCC(=O)c1ccc(Br)cc1. The maximum absolute atomic E-state index is 11.8. The molecule has 2 rings (SSSR count). The van der Waals surface area contributed by atoms with Gasteiger partial charge in [-0.15, -0.1) is 0 Å². The van der Waals surface area contributed by atoms with Gasteiger partial charge in [-0.25, -0.2) is 0 Å². The van der Waals surface area contributed by atoms with Crippen LogP contribution in [-0.2, 0) is 19.1 Å². The van der Waals surface area contributed by atoms with E-state index in [1.54, 1.807) is 24.3 Å². The number of likely N-dealkylation sites (tertiary alicyclic amines) is 1. The monoisotopic (exact) mass is 353 g/mol. The maximum Gasteiger partial charge on any atom is 0.326 e. The second-order valence-corrected chi connectivity index (χ2v) is 5.38. The highest BCUT2D eigenvalue weighted by Crippen LogP contribution is 2.12. The zero-order valence-electron chi connectivity index (χ0n) is 11.0. The summed E-state index contributed by atoms with van der Waals surface area (Å²) < 4.78 is 5.64. The first kappa shape index (κ1) is 15.4. The summed E-state index contributed by atoms with van der Waals surface area (Å²) in [7, 11) is 0. The van der Waals surface area contributed by atoms with Crippen LogP contribution in [0.4, 0.5) is 0 Å². The van der Waals surface area contributed by atoms with E-state index in [0.29, 0.717) is 5.56 Å². The van der Waals surface area contributed by atoms with E-state index >= 15 is 0 Å². The van der Waals surface area contributed by atoms with E-state index in [1.165, 1.54) is 0 Å². The summed E-state index contributed by atoms with van der Waals surface area (Å²) in [5.41, 5.74) is 0.416. The molecular weight excluding hydrogens is 342 g/mol. The number of benzene rings is 1. The van der Waals surface area contributed by atoms with Gasteiger partial charge in [0.1, 0.15) is 6.54 Å². The zero-order valence-corrected chi connectivity index (χ0v) is 12.6. The van der Waals surface area contributed by atoms with Crippen molar-refractivity contribution in [1.29, 1.82) is 0 Å². The van der Waals surface area contributed by atoms with Crippen LogP contribution in [0.25, 0.3) is 0 Å². The number of carbonyl (C=O) groups excluding carboxylic acids is 4. The van der Waals surface area contributed by atoms with E-state index in [-0.39, 0.29) is 18.6 Å². The van der Waals surface area contributed by atoms with Crippen molar-refractivity contribution in [1.82, 2.24) is 4.90 Å². The van der Waals surface area contributed by atoms with Crippen molar-refractivity contribution in [2.75, 3.05) is 13.2 Å². The summed E-state index contributed by atoms with van der Waals surface area (Å²) in [5, 5.41) is 0. The van der Waals surface area contributed by atoms with Gasteiger partial charge in [0.2, 0.25) is 11.8 Å². The van der Waals surface area contributed by atoms with E-state index in [9.17, 15) is 19.2 Å². The van der Waals surface area contributed by atoms with Crippen LogP contribution in [0.3, 0.4) is 0 Å². The lowest BCUT2D eigenvalue weighted by molar-refractivity contribution is -0.151. The molecule has 1 heterocycles. The Kier molecular flexibility index (Phi) is 4.85. The van der Waals surface area contributed by atoms with Crippen molar-refractivity contribution in [3.05, 3.63) is 34.3 Å². The van der Waals surface area contributed by atoms with Gasteiger partial charge in [-0.05, 0) is 12.1 Å². The summed E-state index contributed by atoms with van der Waals surface area (Å²) in [4.78, 5) is 46.9. The van der Waals surface area contributed by atoms with Gasteiger partial charge in [-0.2, -0.15) is 0 Å². The molecule has 21 heavy (non-hydrogen) atoms. The molecule has 1 aliphatic heterocycles. The number of Topliss-reactive ketones (excluding diaryl/α,β-unsaturated/α-hetero) is 1. The van der Waals surface area contributed by atoms with Gasteiger partial charge < -0.3 is 4.74 Å². The lowest BCUT2D eigenvalue weighted by Gasteiger charge is -2.12. The molecule has 0 N–H and O–H groups in total. The number of halogens is 1. The molecule has 7 heteroatoms. The Morgan fingerprint density at radius 2 is 1.67 bits per heavy atom. The first-order chi connectivity index (χ1) is 9.97. The van der Waals surface area contributed by atoms with Crippen molar-refractivity contribution < 1.29 is 23.9 Å². The minimum absolute atomic E-state index is 0.115. The lowest BCUT2D eigenvalue weighted by Crippen LogP contribution is -2.35. The van der Waals surface area contributed by atoms with Crippen LogP contribution >= 0.6 is 15.9 Å². The molecule has 0 bridgehead atoms. The Balaban J connectivity index is 1.83. The van der Waals surface area contributed by atoms with Crippen molar-refractivity contribution in [3.8, 4) is 0 Å². The first-order valence-electron chi connectivity index (χ1n) is 6.25. The molecule has 0 spiro atoms. The summed E-state index contributed by atoms with van der Waals surface area (Å²) >= 11 is 3.25. The van der Waals surface area contributed by atoms with E-state index in [4.69, 9.17) is 4.74 Å². The third-order valence-electron chi connectivity index (χ3n) is 2.97. The van der Waals surface area contributed by atoms with E-state index in [2.05, 4.69) is 15.9 Å². The van der Waals surface area contributed by atoms with Crippen molar-refractivity contribution in [3.63, 3.8) is 0 Å². The molecular formula is C14H12BrNO5. The highest BCUT2D eigenvalue weighted by Gasteiger charge is 2.31. The standard InChI is InChI=1S/C14H12BrNO5/c15-10-3-1-9(2-4-10)11(17)8-21-14(20)7-16-12(18)5-6-13(16)19/h1-4H,5-8H2. The van der Waals surface area contributed by atoms with Crippen LogP contribution < -0.4 is 0 Å². The van der Waals surface area contributed by atoms with Crippen molar-refractivity contribution in [2.24, 2.45) is 0 Å². The quantitative estimate of drug-likeness (QED) is 0.453. The van der Waals surface area contributed by atoms with Crippen LogP contribution in [0, 0.1) is 0 Å². The van der Waals surface area contributed by atoms with Gasteiger partial charge >= 0.3 is 5.97 Å². The molecule has 2 amide bonds. The molecule has 1 aliphatic rings. The van der Waals surface area contributed by atoms with Gasteiger partial charge in [-0.1, -0.05) is 28.1 Å². The van der Waals surface area contributed by atoms with Crippen molar-refractivity contribution in [2.45, 2.75) is 12.8 Å². The summed E-state index contributed by atoms with van der Waals surface area (Å²) in [6.07, 6.45) is 0.230. The molecule has 0 unspecified atom stereocenters. The summed E-state index contributed by atoms with van der Waals surface area (Å²) in [6.45, 7) is -0.859. The number of amides is 2. The normalized spacial score (nSPS) is 14.4. The van der Waals surface area contributed by atoms with Crippen LogP contribution in [0.15, 0.2) is 28.7 Å². The third-order valence-corrected chi connectivity index (χ3v) is 3.50. The average Bonchev–Trinajstić information content (AvgIpc) is 2.77. The minimum atomic E-state index is -0.774. The van der Waals surface area contributed by atoms with Gasteiger partial charge in [0.05, 0.1) is 0 Å². The van der Waals surface area contributed by atoms with Crippen molar-refractivity contribution >= 4 is 39.5 Å². The first-order valence-corrected chi connectivity index (χ1v) is 7.04. The number of ether oxygens (including phenoxy) is 1. The molecule has 0 aliphatic carbocycles. The number of rotatable bonds is 5. The van der Waals surface area contributed by atoms with Gasteiger partial charge in [0, 0.05) is 22.9 Å². The minimum Gasteiger partial charge on any atom is -0.456 e. The second-order valence-electron chi connectivity index (χ2n) is 4.46. The zero-order chi connectivity index (χ0) is 15.4. The van der Waals surface area contributed by atoms with Gasteiger partial charge in [0.15, 0.2) is 12.4 Å². The largest absolute Gasteiger partial charge is 0.456 e. The molecule has 0 atom stereocenters. The molecule has 0 aromatic heterocycles. The molecule has 1 saturated heterocycles. The van der Waals surface area contributed by atoms with Crippen LogP contribution in [0.1, 0.15) is 23.2 Å². The topological polar surface area (TPSA) is 80.8 Å². The number of nitrogens with zero attached hydrogens (tertiary/aromatic N) is 1. The number of imide groups is 1. The molecule has 0 saturated carbocycles. The average molecular weight is 354 g/mol. The second kappa shape index (κ2) is 6.62. The molecule has 1 aromatic rings. The Labute approximate surface area is 129 Å². The van der Waals surface area contributed by atoms with Gasteiger partial charge in [0.25, 0.3) is 0 Å². The number of hydrogen-bond acceptors (Lipinski definition) is 5. The summed E-state index contributed by atoms with van der Waals surface area (Å²) in [6, 6.07) is 6.62. The Morgan fingerprint density at radius 1 is 1.10 bits per heavy atom. The Morgan fingerprint density at radius 3 is 2.24 bits per heavy atom. The highest BCUT2D eigenvalue weighted by atomic mass is 79.9. The Bertz CT molecular complexity index is 580. The van der Waals surface area contributed by atoms with Gasteiger partial charge in [-0.3, -0.25) is 24.1 Å². The third kappa shape index (κ3) is 3.98. The highest BCUT2D eigenvalue weighted by molar-refractivity contribution is 9.10. The Hall–Kier alpha value is -2.02. The maximum atomic E-state index is 11.8. The molecule has 1 fully saturated rings. The van der Waals surface area contributed by atoms with Crippen LogP contribution in [0.5, 0.6) is 0 Å². The smallest absolute Gasteiger partial charge is 0.326 e. The fourth-order valence-electron chi connectivity index (χ4n) is 1.84. The van der Waals surface area contributed by atoms with E-state index in [1.807, 2.05) is 0 Å².